The molecule has 17 heavy (non-hydrogen) atoms. The minimum absolute atomic E-state index is 0.0774. The van der Waals surface area contributed by atoms with Gasteiger partial charge in [0, 0.05) is 17.7 Å². The van der Waals surface area contributed by atoms with Crippen molar-refractivity contribution in [2.45, 2.75) is 0 Å². The summed E-state index contributed by atoms with van der Waals surface area (Å²) in [5.41, 5.74) is 5.80. The van der Waals surface area contributed by atoms with E-state index in [0.717, 1.165) is 0 Å². The second-order valence-electron chi connectivity index (χ2n) is 3.36. The SMILES string of the molecule is NC(=O)NC1=CCOc2ccc([N+](=O)[O-])cc21. The fraction of sp³-hybridized carbons (Fsp3) is 0.100. The minimum atomic E-state index is -0.726. The summed E-state index contributed by atoms with van der Waals surface area (Å²) in [5, 5.41) is 13.1. The van der Waals surface area contributed by atoms with Crippen molar-refractivity contribution >= 4 is 17.4 Å². The maximum atomic E-state index is 10.8. The van der Waals surface area contributed by atoms with E-state index < -0.39 is 11.0 Å². The summed E-state index contributed by atoms with van der Waals surface area (Å²) in [4.78, 5) is 20.9. The predicted octanol–water partition coefficient (Wildman–Crippen LogP) is 0.996. The number of rotatable bonds is 2. The highest BCUT2D eigenvalue weighted by Crippen LogP contribution is 2.31. The summed E-state index contributed by atoms with van der Waals surface area (Å²) < 4.78 is 5.28. The number of nitro groups is 1. The molecule has 7 nitrogen and oxygen atoms in total. The van der Waals surface area contributed by atoms with Crippen LogP contribution in [0.2, 0.25) is 0 Å². The highest BCUT2D eigenvalue weighted by molar-refractivity contribution is 5.86. The Morgan fingerprint density at radius 3 is 2.94 bits per heavy atom. The Kier molecular flexibility index (Phi) is 2.65. The van der Waals surface area contributed by atoms with E-state index in [4.69, 9.17) is 10.5 Å². The molecule has 0 spiro atoms. The standard InChI is InChI=1S/C10H9N3O4/c11-10(14)12-8-3-4-17-9-2-1-6(13(15)16)5-7(8)9/h1-3,5H,4H2,(H3,11,12,14). The number of non-ortho nitro benzene ring substituents is 1. The molecular weight excluding hydrogens is 226 g/mol. The van der Waals surface area contributed by atoms with E-state index in [0.29, 0.717) is 17.0 Å². The number of hydrogen-bond acceptors (Lipinski definition) is 4. The molecule has 0 fully saturated rings. The summed E-state index contributed by atoms with van der Waals surface area (Å²) in [7, 11) is 0. The molecule has 1 aliphatic rings. The number of amides is 2. The van der Waals surface area contributed by atoms with Gasteiger partial charge in [0.25, 0.3) is 5.69 Å². The van der Waals surface area contributed by atoms with Crippen molar-refractivity contribution < 1.29 is 14.5 Å². The normalized spacial score (nSPS) is 13.1. The average molecular weight is 235 g/mol. The Morgan fingerprint density at radius 1 is 1.53 bits per heavy atom. The van der Waals surface area contributed by atoms with E-state index in [1.165, 1.54) is 18.2 Å². The lowest BCUT2D eigenvalue weighted by Gasteiger charge is -2.18. The fourth-order valence-electron chi connectivity index (χ4n) is 1.54. The molecule has 7 heteroatoms. The fourth-order valence-corrected chi connectivity index (χ4v) is 1.54. The number of nitrogens with zero attached hydrogens (tertiary/aromatic N) is 1. The number of nitro benzene ring substituents is 1. The van der Waals surface area contributed by atoms with Crippen LogP contribution >= 0.6 is 0 Å². The van der Waals surface area contributed by atoms with Gasteiger partial charge in [0.15, 0.2) is 0 Å². The lowest BCUT2D eigenvalue weighted by Crippen LogP contribution is -2.29. The first-order valence-electron chi connectivity index (χ1n) is 4.76. The third-order valence-electron chi connectivity index (χ3n) is 2.25. The highest BCUT2D eigenvalue weighted by atomic mass is 16.6. The largest absolute Gasteiger partial charge is 0.489 e. The molecule has 0 aliphatic carbocycles. The Labute approximate surface area is 96.0 Å². The maximum absolute atomic E-state index is 10.8. The number of primary amides is 1. The van der Waals surface area contributed by atoms with E-state index >= 15 is 0 Å². The quantitative estimate of drug-likeness (QED) is 0.588. The Morgan fingerprint density at radius 2 is 2.29 bits per heavy atom. The summed E-state index contributed by atoms with van der Waals surface area (Å²) in [6.45, 7) is 0.278. The van der Waals surface area contributed by atoms with E-state index in [1.54, 1.807) is 6.08 Å². The van der Waals surface area contributed by atoms with Crippen LogP contribution in [0.25, 0.3) is 5.70 Å². The van der Waals surface area contributed by atoms with Crippen LogP contribution in [-0.4, -0.2) is 17.6 Å². The van der Waals surface area contributed by atoms with Crippen molar-refractivity contribution in [3.05, 3.63) is 40.0 Å². The molecule has 0 atom stereocenters. The second kappa shape index (κ2) is 4.12. The zero-order chi connectivity index (χ0) is 12.4. The van der Waals surface area contributed by atoms with Gasteiger partial charge >= 0.3 is 6.03 Å². The average Bonchev–Trinajstić information content (AvgIpc) is 2.28. The van der Waals surface area contributed by atoms with Crippen molar-refractivity contribution in [2.75, 3.05) is 6.61 Å². The number of carbonyl (C=O) groups is 1. The van der Waals surface area contributed by atoms with Crippen LogP contribution in [0.5, 0.6) is 5.75 Å². The van der Waals surface area contributed by atoms with Crippen LogP contribution in [0.3, 0.4) is 0 Å². The number of nitrogens with two attached hydrogens (primary N) is 1. The molecule has 2 rings (SSSR count). The molecule has 0 radical (unpaired) electrons. The molecule has 2 amide bonds. The van der Waals surface area contributed by atoms with E-state index in [2.05, 4.69) is 5.32 Å². The molecule has 0 saturated heterocycles. The molecule has 1 aromatic carbocycles. The molecule has 0 bridgehead atoms. The summed E-state index contributed by atoms with van der Waals surface area (Å²) in [5.74, 6) is 0.474. The lowest BCUT2D eigenvalue weighted by molar-refractivity contribution is -0.384. The lowest BCUT2D eigenvalue weighted by atomic mass is 10.1. The number of carbonyl (C=O) groups excluding carboxylic acids is 1. The van der Waals surface area contributed by atoms with Crippen molar-refractivity contribution in [3.8, 4) is 5.75 Å². The van der Waals surface area contributed by atoms with Gasteiger partial charge in [-0.1, -0.05) is 0 Å². The summed E-state index contributed by atoms with van der Waals surface area (Å²) in [6.07, 6.45) is 1.59. The molecule has 88 valence electrons. The molecule has 1 aromatic rings. The van der Waals surface area contributed by atoms with Gasteiger partial charge in [-0.05, 0) is 12.1 Å². The van der Waals surface area contributed by atoms with Crippen molar-refractivity contribution in [1.29, 1.82) is 0 Å². The van der Waals surface area contributed by atoms with Gasteiger partial charge < -0.3 is 15.8 Å². The summed E-state index contributed by atoms with van der Waals surface area (Å²) >= 11 is 0. The topological polar surface area (TPSA) is 107 Å². The zero-order valence-corrected chi connectivity index (χ0v) is 8.67. The Bertz CT molecular complexity index is 524. The molecule has 1 heterocycles. The number of benzene rings is 1. The van der Waals surface area contributed by atoms with Crippen LogP contribution in [0.15, 0.2) is 24.3 Å². The first-order chi connectivity index (χ1) is 8.08. The third kappa shape index (κ3) is 2.17. The number of hydrogen-bond donors (Lipinski definition) is 2. The summed E-state index contributed by atoms with van der Waals surface area (Å²) in [6, 6.07) is 3.43. The zero-order valence-electron chi connectivity index (χ0n) is 8.67. The molecule has 0 aromatic heterocycles. The molecular formula is C10H9N3O4. The predicted molar refractivity (Wildman–Crippen MR) is 59.3 cm³/mol. The molecule has 0 unspecified atom stereocenters. The van der Waals surface area contributed by atoms with Gasteiger partial charge in [0.05, 0.1) is 10.6 Å². The van der Waals surface area contributed by atoms with Gasteiger partial charge in [-0.15, -0.1) is 0 Å². The van der Waals surface area contributed by atoms with Gasteiger partial charge in [-0.2, -0.15) is 0 Å². The van der Waals surface area contributed by atoms with E-state index in [9.17, 15) is 14.9 Å². The monoisotopic (exact) mass is 235 g/mol. The molecule has 0 saturated carbocycles. The first kappa shape index (κ1) is 10.9. The van der Waals surface area contributed by atoms with Gasteiger partial charge in [-0.25, -0.2) is 4.79 Å². The van der Waals surface area contributed by atoms with E-state index in [1.807, 2.05) is 0 Å². The van der Waals surface area contributed by atoms with Crippen molar-refractivity contribution in [1.82, 2.24) is 5.32 Å². The molecule has 3 N–H and O–H groups in total. The third-order valence-corrected chi connectivity index (χ3v) is 2.25. The van der Waals surface area contributed by atoms with Gasteiger partial charge in [0.2, 0.25) is 0 Å². The molecule has 1 aliphatic heterocycles. The second-order valence-corrected chi connectivity index (χ2v) is 3.36. The van der Waals surface area contributed by atoms with Crippen molar-refractivity contribution in [2.24, 2.45) is 5.73 Å². The first-order valence-corrected chi connectivity index (χ1v) is 4.76. The van der Waals surface area contributed by atoms with Crippen LogP contribution < -0.4 is 15.8 Å². The number of nitrogens with one attached hydrogen (secondary N) is 1. The van der Waals surface area contributed by atoms with Crippen LogP contribution in [0.4, 0.5) is 10.5 Å². The van der Waals surface area contributed by atoms with E-state index in [-0.39, 0.29) is 12.3 Å². The smallest absolute Gasteiger partial charge is 0.316 e. The Balaban J connectivity index is 2.43. The van der Waals surface area contributed by atoms with Gasteiger partial charge in [-0.3, -0.25) is 10.1 Å². The maximum Gasteiger partial charge on any atom is 0.316 e. The number of urea groups is 1. The van der Waals surface area contributed by atoms with Crippen LogP contribution in [0, 0.1) is 10.1 Å². The highest BCUT2D eigenvalue weighted by Gasteiger charge is 2.18. The van der Waals surface area contributed by atoms with Crippen LogP contribution in [0.1, 0.15) is 5.56 Å². The minimum Gasteiger partial charge on any atom is -0.489 e. The van der Waals surface area contributed by atoms with Gasteiger partial charge in [0.1, 0.15) is 12.4 Å². The number of ether oxygens (including phenoxy) is 1. The van der Waals surface area contributed by atoms with Crippen LogP contribution in [-0.2, 0) is 0 Å². The van der Waals surface area contributed by atoms with Crippen molar-refractivity contribution in [3.63, 3.8) is 0 Å². The Hall–Kier alpha value is -2.57. The number of fused-ring (bicyclic) bond motifs is 1.